The Morgan fingerprint density at radius 3 is 2.43 bits per heavy atom. The molecule has 0 aliphatic carbocycles. The first-order chi connectivity index (χ1) is 10.3. The van der Waals surface area contributed by atoms with Crippen LogP contribution in [0.25, 0.3) is 0 Å². The molecule has 0 aromatic heterocycles. The lowest BCUT2D eigenvalue weighted by molar-refractivity contribution is -0.123. The number of carbonyl (C=O) groups excluding carboxylic acids is 1. The van der Waals surface area contributed by atoms with Crippen molar-refractivity contribution in [1.82, 2.24) is 5.32 Å². The van der Waals surface area contributed by atoms with Crippen molar-refractivity contribution in [2.24, 2.45) is 5.73 Å². The van der Waals surface area contributed by atoms with Crippen LogP contribution in [0.1, 0.15) is 51.0 Å². The summed E-state index contributed by atoms with van der Waals surface area (Å²) in [7, 11) is 0. The monoisotopic (exact) mass is 292 g/mol. The first-order valence-corrected chi connectivity index (χ1v) is 7.94. The van der Waals surface area contributed by atoms with Crippen LogP contribution in [0, 0.1) is 0 Å². The highest BCUT2D eigenvalue weighted by Crippen LogP contribution is 2.11. The molecular weight excluding hydrogens is 264 g/mol. The molecule has 21 heavy (non-hydrogen) atoms. The summed E-state index contributed by atoms with van der Waals surface area (Å²) in [6.07, 6.45) is 7.35. The SMILES string of the molecule is CCCCCCCCNC(=O)COc1ccc(CN)cc1. The van der Waals surface area contributed by atoms with E-state index in [-0.39, 0.29) is 12.5 Å². The zero-order valence-corrected chi connectivity index (χ0v) is 13.1. The van der Waals surface area contributed by atoms with Crippen LogP contribution >= 0.6 is 0 Å². The molecule has 0 bridgehead atoms. The molecule has 4 nitrogen and oxygen atoms in total. The van der Waals surface area contributed by atoms with Gasteiger partial charge in [-0.05, 0) is 24.1 Å². The van der Waals surface area contributed by atoms with Gasteiger partial charge in [0.2, 0.25) is 0 Å². The maximum Gasteiger partial charge on any atom is 0.257 e. The number of benzene rings is 1. The van der Waals surface area contributed by atoms with Gasteiger partial charge in [0.1, 0.15) is 5.75 Å². The minimum Gasteiger partial charge on any atom is -0.484 e. The van der Waals surface area contributed by atoms with Gasteiger partial charge in [-0.25, -0.2) is 0 Å². The summed E-state index contributed by atoms with van der Waals surface area (Å²) in [6, 6.07) is 7.49. The van der Waals surface area contributed by atoms with Crippen LogP contribution in [0.15, 0.2) is 24.3 Å². The van der Waals surface area contributed by atoms with Crippen LogP contribution in [0.3, 0.4) is 0 Å². The number of nitrogens with two attached hydrogens (primary N) is 1. The molecule has 1 rings (SSSR count). The van der Waals surface area contributed by atoms with Gasteiger partial charge in [0.25, 0.3) is 5.91 Å². The van der Waals surface area contributed by atoms with Crippen LogP contribution in [0.4, 0.5) is 0 Å². The van der Waals surface area contributed by atoms with E-state index >= 15 is 0 Å². The van der Waals surface area contributed by atoms with Crippen molar-refractivity contribution in [1.29, 1.82) is 0 Å². The molecule has 118 valence electrons. The molecule has 0 atom stereocenters. The van der Waals surface area contributed by atoms with Crippen LogP contribution < -0.4 is 15.8 Å². The molecule has 0 spiro atoms. The lowest BCUT2D eigenvalue weighted by Crippen LogP contribution is -2.29. The second-order valence-corrected chi connectivity index (χ2v) is 5.25. The predicted molar refractivity (Wildman–Crippen MR) is 86.2 cm³/mol. The molecule has 0 radical (unpaired) electrons. The summed E-state index contributed by atoms with van der Waals surface area (Å²) < 4.78 is 5.42. The molecule has 1 aromatic rings. The Hall–Kier alpha value is -1.55. The van der Waals surface area contributed by atoms with Crippen LogP contribution in [0.5, 0.6) is 5.75 Å². The number of hydrogen-bond donors (Lipinski definition) is 2. The summed E-state index contributed by atoms with van der Waals surface area (Å²) >= 11 is 0. The standard InChI is InChI=1S/C17H28N2O2/c1-2-3-4-5-6-7-12-19-17(20)14-21-16-10-8-15(13-18)9-11-16/h8-11H,2-7,12-14,18H2,1H3,(H,19,20). The second kappa shape index (κ2) is 11.1. The molecule has 0 heterocycles. The van der Waals surface area contributed by atoms with E-state index in [0.29, 0.717) is 12.3 Å². The van der Waals surface area contributed by atoms with Crippen LogP contribution in [0.2, 0.25) is 0 Å². The maximum absolute atomic E-state index is 11.6. The number of carbonyl (C=O) groups is 1. The molecule has 0 saturated carbocycles. The van der Waals surface area contributed by atoms with Crippen molar-refractivity contribution in [2.75, 3.05) is 13.2 Å². The van der Waals surface area contributed by atoms with E-state index in [1.54, 1.807) is 0 Å². The molecule has 0 saturated heterocycles. The Labute approximate surface area is 128 Å². The van der Waals surface area contributed by atoms with Crippen molar-refractivity contribution in [3.8, 4) is 5.75 Å². The third kappa shape index (κ3) is 8.35. The number of hydrogen-bond acceptors (Lipinski definition) is 3. The van der Waals surface area contributed by atoms with E-state index in [1.165, 1.54) is 32.1 Å². The summed E-state index contributed by atoms with van der Waals surface area (Å²) in [5.74, 6) is 0.633. The predicted octanol–water partition coefficient (Wildman–Crippen LogP) is 3.00. The average molecular weight is 292 g/mol. The quantitative estimate of drug-likeness (QED) is 0.616. The van der Waals surface area contributed by atoms with Gasteiger partial charge in [-0.1, -0.05) is 51.2 Å². The number of amides is 1. The molecule has 0 unspecified atom stereocenters. The summed E-state index contributed by atoms with van der Waals surface area (Å²) in [6.45, 7) is 3.53. The Morgan fingerprint density at radius 1 is 1.10 bits per heavy atom. The third-order valence-electron chi connectivity index (χ3n) is 3.38. The van der Waals surface area contributed by atoms with Gasteiger partial charge in [0.15, 0.2) is 6.61 Å². The van der Waals surface area contributed by atoms with Gasteiger partial charge in [-0.15, -0.1) is 0 Å². The summed E-state index contributed by atoms with van der Waals surface area (Å²) in [4.78, 5) is 11.6. The molecule has 0 aliphatic rings. The largest absolute Gasteiger partial charge is 0.484 e. The van der Waals surface area contributed by atoms with E-state index in [2.05, 4.69) is 12.2 Å². The zero-order chi connectivity index (χ0) is 15.3. The molecule has 1 amide bonds. The number of rotatable bonds is 11. The van der Waals surface area contributed by atoms with Gasteiger partial charge < -0.3 is 15.8 Å². The fourth-order valence-electron chi connectivity index (χ4n) is 2.05. The topological polar surface area (TPSA) is 64.3 Å². The third-order valence-corrected chi connectivity index (χ3v) is 3.38. The molecule has 0 aliphatic heterocycles. The van der Waals surface area contributed by atoms with E-state index in [0.717, 1.165) is 18.5 Å². The fourth-order valence-corrected chi connectivity index (χ4v) is 2.05. The first kappa shape index (κ1) is 17.5. The van der Waals surface area contributed by atoms with Gasteiger partial charge in [-0.2, -0.15) is 0 Å². The Morgan fingerprint density at radius 2 is 1.76 bits per heavy atom. The van der Waals surface area contributed by atoms with Crippen molar-refractivity contribution in [3.63, 3.8) is 0 Å². The van der Waals surface area contributed by atoms with E-state index < -0.39 is 0 Å². The Kier molecular flexibility index (Phi) is 9.29. The van der Waals surface area contributed by atoms with E-state index in [9.17, 15) is 4.79 Å². The van der Waals surface area contributed by atoms with Crippen molar-refractivity contribution < 1.29 is 9.53 Å². The minimum atomic E-state index is -0.0635. The van der Waals surface area contributed by atoms with Gasteiger partial charge >= 0.3 is 0 Å². The van der Waals surface area contributed by atoms with Crippen LogP contribution in [-0.4, -0.2) is 19.1 Å². The van der Waals surface area contributed by atoms with Gasteiger partial charge in [0.05, 0.1) is 0 Å². The molecular formula is C17H28N2O2. The number of ether oxygens (including phenoxy) is 1. The van der Waals surface area contributed by atoms with Crippen molar-refractivity contribution in [2.45, 2.75) is 52.0 Å². The molecule has 4 heteroatoms. The lowest BCUT2D eigenvalue weighted by Gasteiger charge is -2.08. The number of nitrogens with one attached hydrogen (secondary N) is 1. The Balaban J connectivity index is 2.05. The highest BCUT2D eigenvalue weighted by molar-refractivity contribution is 5.77. The summed E-state index contributed by atoms with van der Waals surface area (Å²) in [5.41, 5.74) is 6.57. The zero-order valence-electron chi connectivity index (χ0n) is 13.1. The first-order valence-electron chi connectivity index (χ1n) is 7.94. The normalized spacial score (nSPS) is 10.4. The Bertz CT molecular complexity index is 390. The van der Waals surface area contributed by atoms with Gasteiger partial charge in [0, 0.05) is 13.1 Å². The van der Waals surface area contributed by atoms with Crippen LogP contribution in [-0.2, 0) is 11.3 Å². The molecule has 0 fully saturated rings. The smallest absolute Gasteiger partial charge is 0.257 e. The highest BCUT2D eigenvalue weighted by atomic mass is 16.5. The van der Waals surface area contributed by atoms with Gasteiger partial charge in [-0.3, -0.25) is 4.79 Å². The fraction of sp³-hybridized carbons (Fsp3) is 0.588. The highest BCUT2D eigenvalue weighted by Gasteiger charge is 2.02. The number of unbranched alkanes of at least 4 members (excludes halogenated alkanes) is 5. The van der Waals surface area contributed by atoms with Crippen molar-refractivity contribution in [3.05, 3.63) is 29.8 Å². The molecule has 3 N–H and O–H groups in total. The summed E-state index contributed by atoms with van der Waals surface area (Å²) in [5, 5.41) is 2.88. The van der Waals surface area contributed by atoms with E-state index in [1.807, 2.05) is 24.3 Å². The van der Waals surface area contributed by atoms with E-state index in [4.69, 9.17) is 10.5 Å². The second-order valence-electron chi connectivity index (χ2n) is 5.25. The lowest BCUT2D eigenvalue weighted by atomic mass is 10.1. The minimum absolute atomic E-state index is 0.0635. The maximum atomic E-state index is 11.6. The average Bonchev–Trinajstić information content (AvgIpc) is 2.52. The van der Waals surface area contributed by atoms with Crippen molar-refractivity contribution >= 4 is 5.91 Å². The molecule has 1 aromatic carbocycles.